The summed E-state index contributed by atoms with van der Waals surface area (Å²) in [5, 5.41) is 2.76. The van der Waals surface area contributed by atoms with E-state index in [0.717, 1.165) is 28.9 Å². The number of carbonyl (C=O) groups is 2. The fourth-order valence-electron chi connectivity index (χ4n) is 3.55. The van der Waals surface area contributed by atoms with E-state index in [1.807, 2.05) is 77.9 Å². The number of nitrogens with one attached hydrogen (secondary N) is 1. The number of aryl methyl sites for hydroxylation is 1. The quantitative estimate of drug-likeness (QED) is 0.301. The van der Waals surface area contributed by atoms with Crippen LogP contribution in [-0.2, 0) is 20.7 Å². The molecule has 1 amide bonds. The van der Waals surface area contributed by atoms with Crippen molar-refractivity contribution in [1.82, 2.24) is 9.97 Å². The van der Waals surface area contributed by atoms with Crippen LogP contribution in [0.5, 0.6) is 0 Å². The molecule has 0 atom stereocenters. The molecule has 0 radical (unpaired) electrons. The van der Waals surface area contributed by atoms with Crippen molar-refractivity contribution in [3.05, 3.63) is 54.2 Å². The van der Waals surface area contributed by atoms with Gasteiger partial charge in [-0.3, -0.25) is 10.1 Å². The first-order chi connectivity index (χ1) is 16.4. The van der Waals surface area contributed by atoms with E-state index < -0.39 is 17.3 Å². The fraction of sp³-hybridized carbons (Fsp3) is 0.429. The van der Waals surface area contributed by atoms with Crippen LogP contribution in [0.2, 0.25) is 0 Å². The van der Waals surface area contributed by atoms with Gasteiger partial charge in [-0.25, -0.2) is 14.8 Å². The predicted octanol–water partition coefficient (Wildman–Crippen LogP) is 6.70. The highest BCUT2D eigenvalue weighted by atomic mass is 16.6. The highest BCUT2D eigenvalue weighted by Crippen LogP contribution is 2.26. The van der Waals surface area contributed by atoms with E-state index >= 15 is 0 Å². The number of nitrogens with zero attached hydrogens (tertiary/aromatic N) is 2. The van der Waals surface area contributed by atoms with Crippen molar-refractivity contribution in [2.24, 2.45) is 0 Å². The van der Waals surface area contributed by atoms with Gasteiger partial charge in [0.25, 0.3) is 0 Å². The Labute approximate surface area is 207 Å². The van der Waals surface area contributed by atoms with Crippen LogP contribution < -0.4 is 5.32 Å². The van der Waals surface area contributed by atoms with E-state index in [0.29, 0.717) is 30.5 Å². The summed E-state index contributed by atoms with van der Waals surface area (Å²) in [6.45, 7) is 11.1. The molecule has 1 aromatic heterocycles. The Balaban J connectivity index is 1.81. The summed E-state index contributed by atoms with van der Waals surface area (Å²) in [5.41, 5.74) is 3.59. The number of carbonyl (C=O) groups excluding carboxylic acids is 2. The van der Waals surface area contributed by atoms with Crippen LogP contribution in [0.25, 0.3) is 22.3 Å². The van der Waals surface area contributed by atoms with Gasteiger partial charge in [0.05, 0.1) is 22.4 Å². The maximum Gasteiger partial charge on any atom is 0.412 e. The van der Waals surface area contributed by atoms with Gasteiger partial charge in [-0.15, -0.1) is 0 Å². The largest absolute Gasteiger partial charge is 0.460 e. The smallest absolute Gasteiger partial charge is 0.412 e. The fourth-order valence-corrected chi connectivity index (χ4v) is 3.55. The van der Waals surface area contributed by atoms with Crippen LogP contribution in [0.1, 0.15) is 66.5 Å². The van der Waals surface area contributed by atoms with E-state index in [1.165, 1.54) is 0 Å². The molecular weight excluding hydrogens is 442 g/mol. The standard InChI is InChI=1S/C28H35N3O4/c1-27(2,3)34-24(32)15-11-10-14-22-25(19-12-8-7-9-13-19)31-21-17-16-20(18-23(21)30-22)29-26(33)35-28(4,5)6/h7-9,12-13,16-18H,10-11,14-15H2,1-6H3,(H,29,33). The molecule has 1 N–H and O–H groups in total. The molecule has 0 aliphatic rings. The van der Waals surface area contributed by atoms with E-state index in [4.69, 9.17) is 19.4 Å². The number of rotatable bonds is 7. The Morgan fingerprint density at radius 1 is 0.829 bits per heavy atom. The van der Waals surface area contributed by atoms with Crippen molar-refractivity contribution in [3.8, 4) is 11.3 Å². The Bertz CT molecular complexity index is 1180. The summed E-state index contributed by atoms with van der Waals surface area (Å²) >= 11 is 0. The summed E-state index contributed by atoms with van der Waals surface area (Å²) in [7, 11) is 0. The summed E-state index contributed by atoms with van der Waals surface area (Å²) < 4.78 is 10.7. The van der Waals surface area contributed by atoms with Crippen LogP contribution in [-0.4, -0.2) is 33.2 Å². The van der Waals surface area contributed by atoms with Crippen molar-refractivity contribution in [1.29, 1.82) is 0 Å². The average molecular weight is 478 g/mol. The van der Waals surface area contributed by atoms with Gasteiger partial charge in [-0.1, -0.05) is 30.3 Å². The Hall–Kier alpha value is -3.48. The lowest BCUT2D eigenvalue weighted by molar-refractivity contribution is -0.154. The monoisotopic (exact) mass is 477 g/mol. The third-order valence-corrected chi connectivity index (χ3v) is 4.89. The van der Waals surface area contributed by atoms with E-state index in [2.05, 4.69) is 5.32 Å². The summed E-state index contributed by atoms with van der Waals surface area (Å²) in [4.78, 5) is 34.0. The SMILES string of the molecule is CC(C)(C)OC(=O)CCCCc1nc2cc(NC(=O)OC(C)(C)C)ccc2nc1-c1ccccc1. The molecule has 0 bridgehead atoms. The van der Waals surface area contributed by atoms with Crippen molar-refractivity contribution in [3.63, 3.8) is 0 Å². The first-order valence-electron chi connectivity index (χ1n) is 12.0. The molecule has 35 heavy (non-hydrogen) atoms. The third kappa shape index (κ3) is 8.35. The molecule has 0 unspecified atom stereocenters. The molecule has 0 aliphatic carbocycles. The average Bonchev–Trinajstić information content (AvgIpc) is 2.74. The lowest BCUT2D eigenvalue weighted by Crippen LogP contribution is -2.27. The zero-order chi connectivity index (χ0) is 25.6. The first kappa shape index (κ1) is 26.1. The Kier molecular flexibility index (Phi) is 8.10. The maximum atomic E-state index is 12.2. The molecule has 7 nitrogen and oxygen atoms in total. The number of aromatic nitrogens is 2. The number of hydrogen-bond donors (Lipinski definition) is 1. The number of amides is 1. The van der Waals surface area contributed by atoms with Gasteiger partial charge in [0.15, 0.2) is 0 Å². The molecule has 1 heterocycles. The second kappa shape index (κ2) is 10.8. The van der Waals surface area contributed by atoms with Gasteiger partial charge in [0, 0.05) is 17.7 Å². The summed E-state index contributed by atoms with van der Waals surface area (Å²) in [6.07, 6.45) is 1.98. The van der Waals surface area contributed by atoms with Crippen LogP contribution in [0, 0.1) is 0 Å². The molecule has 0 fully saturated rings. The van der Waals surface area contributed by atoms with Crippen LogP contribution >= 0.6 is 0 Å². The lowest BCUT2D eigenvalue weighted by atomic mass is 10.0. The number of benzene rings is 2. The number of esters is 1. The number of unbranched alkanes of at least 4 members (excludes halogenated alkanes) is 1. The minimum atomic E-state index is -0.586. The molecule has 0 aliphatic heterocycles. The van der Waals surface area contributed by atoms with Crippen LogP contribution in [0.15, 0.2) is 48.5 Å². The minimum absolute atomic E-state index is 0.191. The second-order valence-corrected chi connectivity index (χ2v) is 10.5. The molecule has 0 saturated carbocycles. The van der Waals surface area contributed by atoms with Gasteiger partial charge >= 0.3 is 12.1 Å². The number of ether oxygens (including phenoxy) is 2. The van der Waals surface area contributed by atoms with Crippen molar-refractivity contribution in [2.45, 2.75) is 78.4 Å². The number of fused-ring (bicyclic) bond motifs is 1. The maximum absolute atomic E-state index is 12.2. The van der Waals surface area contributed by atoms with Gasteiger partial charge in [-0.05, 0) is 79.0 Å². The molecule has 0 saturated heterocycles. The lowest BCUT2D eigenvalue weighted by Gasteiger charge is -2.19. The van der Waals surface area contributed by atoms with E-state index in [1.54, 1.807) is 12.1 Å². The van der Waals surface area contributed by atoms with Gasteiger partial charge in [-0.2, -0.15) is 0 Å². The molecule has 3 aromatic rings. The summed E-state index contributed by atoms with van der Waals surface area (Å²) in [5.74, 6) is -0.191. The molecular formula is C28H35N3O4. The highest BCUT2D eigenvalue weighted by Gasteiger charge is 2.18. The second-order valence-electron chi connectivity index (χ2n) is 10.5. The first-order valence-corrected chi connectivity index (χ1v) is 12.0. The molecule has 2 aromatic carbocycles. The topological polar surface area (TPSA) is 90.4 Å². The van der Waals surface area contributed by atoms with Crippen LogP contribution in [0.3, 0.4) is 0 Å². The van der Waals surface area contributed by atoms with E-state index in [-0.39, 0.29) is 5.97 Å². The zero-order valence-corrected chi connectivity index (χ0v) is 21.5. The van der Waals surface area contributed by atoms with E-state index in [9.17, 15) is 9.59 Å². The molecule has 186 valence electrons. The Morgan fingerprint density at radius 3 is 2.17 bits per heavy atom. The van der Waals surface area contributed by atoms with Crippen molar-refractivity contribution < 1.29 is 19.1 Å². The van der Waals surface area contributed by atoms with Crippen LogP contribution in [0.4, 0.5) is 10.5 Å². The zero-order valence-electron chi connectivity index (χ0n) is 21.5. The van der Waals surface area contributed by atoms with Crippen molar-refractivity contribution in [2.75, 3.05) is 5.32 Å². The predicted molar refractivity (Wildman–Crippen MR) is 138 cm³/mol. The Morgan fingerprint density at radius 2 is 1.51 bits per heavy atom. The highest BCUT2D eigenvalue weighted by molar-refractivity contribution is 5.89. The van der Waals surface area contributed by atoms with Crippen molar-refractivity contribution >= 4 is 28.8 Å². The summed E-state index contributed by atoms with van der Waals surface area (Å²) in [6, 6.07) is 15.4. The van der Waals surface area contributed by atoms with Gasteiger partial charge in [0.1, 0.15) is 11.2 Å². The normalized spacial score (nSPS) is 11.8. The molecule has 3 rings (SSSR count). The number of anilines is 1. The third-order valence-electron chi connectivity index (χ3n) is 4.89. The molecule has 0 spiro atoms. The number of hydrogen-bond acceptors (Lipinski definition) is 6. The molecule has 7 heteroatoms. The van der Waals surface area contributed by atoms with Gasteiger partial charge in [0.2, 0.25) is 0 Å². The minimum Gasteiger partial charge on any atom is -0.460 e. The van der Waals surface area contributed by atoms with Gasteiger partial charge < -0.3 is 9.47 Å².